The highest BCUT2D eigenvalue weighted by atomic mass is 15.1. The predicted molar refractivity (Wildman–Crippen MR) is 269 cm³/mol. The molecule has 2 aliphatic rings. The first kappa shape index (κ1) is 37.5. The molecule has 0 atom stereocenters. The van der Waals surface area contributed by atoms with Crippen molar-refractivity contribution >= 4 is 49.4 Å². The second-order valence-corrected chi connectivity index (χ2v) is 17.6. The van der Waals surface area contributed by atoms with E-state index in [1.165, 1.54) is 120 Å². The molecule has 0 unspecified atom stereocenters. The van der Waals surface area contributed by atoms with Crippen LogP contribution < -0.4 is 4.90 Å². The zero-order valence-electron chi connectivity index (χ0n) is 35.7. The second kappa shape index (κ2) is 15.9. The van der Waals surface area contributed by atoms with E-state index in [1.54, 1.807) is 22.3 Å². The van der Waals surface area contributed by atoms with Crippen molar-refractivity contribution in [1.82, 2.24) is 0 Å². The summed E-state index contributed by atoms with van der Waals surface area (Å²) in [7, 11) is 0. The summed E-state index contributed by atoms with van der Waals surface area (Å²) < 4.78 is 0. The maximum absolute atomic E-state index is 2.63. The third-order valence-electron chi connectivity index (χ3n) is 14.1. The fourth-order valence-electron chi connectivity index (χ4n) is 11.1. The quantitative estimate of drug-likeness (QED) is 0.145. The van der Waals surface area contributed by atoms with E-state index in [0.717, 1.165) is 25.7 Å². The standard InChI is InChI=1S/C62H49N/c1-3-15-42(16-4-1)44-27-29-47(30-28-44)61-56-23-11-13-25-58(56)62(59-26-14-12-24-57(59)61)63(49-36-31-45(32-37-49)43-17-5-2-6-18-43)50-38-33-46(34-39-50)48-35-40-55-53-21-8-7-19-51(53)52-20-9-10-22-54(52)60(55)41-48/h1-10,15-22,27-41H,11-14,23-26H2. The van der Waals surface area contributed by atoms with E-state index in [9.17, 15) is 0 Å². The highest BCUT2D eigenvalue weighted by Gasteiger charge is 2.31. The minimum absolute atomic E-state index is 1.10. The van der Waals surface area contributed by atoms with Crippen molar-refractivity contribution in [1.29, 1.82) is 0 Å². The van der Waals surface area contributed by atoms with Gasteiger partial charge in [-0.2, -0.15) is 0 Å². The Morgan fingerprint density at radius 3 is 1.06 bits per heavy atom. The summed E-state index contributed by atoms with van der Waals surface area (Å²) in [6, 6.07) is 74.7. The number of hydrogen-bond donors (Lipinski definition) is 0. The summed E-state index contributed by atoms with van der Waals surface area (Å²) in [6.07, 6.45) is 9.35. The van der Waals surface area contributed by atoms with Crippen LogP contribution in [-0.4, -0.2) is 0 Å². The normalized spacial score (nSPS) is 13.5. The van der Waals surface area contributed by atoms with Crippen LogP contribution in [-0.2, 0) is 25.7 Å². The Bertz CT molecular complexity index is 3220. The topological polar surface area (TPSA) is 3.24 Å². The van der Waals surface area contributed by atoms with Crippen molar-refractivity contribution in [3.63, 3.8) is 0 Å². The molecule has 0 spiro atoms. The van der Waals surface area contributed by atoms with Crippen LogP contribution in [0, 0.1) is 0 Å². The second-order valence-electron chi connectivity index (χ2n) is 17.6. The fourth-order valence-corrected chi connectivity index (χ4v) is 11.1. The molecule has 2 aliphatic carbocycles. The number of hydrogen-bond acceptors (Lipinski definition) is 1. The molecule has 10 aromatic rings. The molecule has 0 heterocycles. The van der Waals surface area contributed by atoms with Crippen molar-refractivity contribution in [2.24, 2.45) is 0 Å². The summed E-state index contributed by atoms with van der Waals surface area (Å²) in [6.45, 7) is 0. The van der Waals surface area contributed by atoms with Gasteiger partial charge in [-0.3, -0.25) is 0 Å². The van der Waals surface area contributed by atoms with Gasteiger partial charge in [0.2, 0.25) is 0 Å². The Labute approximate surface area is 370 Å². The molecule has 0 N–H and O–H groups in total. The zero-order chi connectivity index (χ0) is 41.7. The molecule has 302 valence electrons. The lowest BCUT2D eigenvalue weighted by Crippen LogP contribution is -2.21. The SMILES string of the molecule is c1ccc(-c2ccc(-c3c4c(c(N(c5ccc(-c6ccccc6)cc5)c5ccc(-c6ccc7c8ccccc8c8ccccc8c7c6)cc5)c5c3CCCC5)CCCC4)cc2)cc1. The summed E-state index contributed by atoms with van der Waals surface area (Å²) in [4.78, 5) is 2.63. The zero-order valence-corrected chi connectivity index (χ0v) is 35.7. The van der Waals surface area contributed by atoms with Gasteiger partial charge in [-0.15, -0.1) is 0 Å². The molecule has 63 heavy (non-hydrogen) atoms. The first-order chi connectivity index (χ1) is 31.3. The van der Waals surface area contributed by atoms with Gasteiger partial charge in [0, 0.05) is 11.4 Å². The van der Waals surface area contributed by atoms with Crippen LogP contribution in [0.15, 0.2) is 200 Å². The Morgan fingerprint density at radius 2 is 0.587 bits per heavy atom. The number of benzene rings is 10. The average molecular weight is 808 g/mol. The lowest BCUT2D eigenvalue weighted by Gasteiger charge is -2.37. The van der Waals surface area contributed by atoms with E-state index in [0.29, 0.717) is 0 Å². The molecular formula is C62H49N. The van der Waals surface area contributed by atoms with Gasteiger partial charge in [0.1, 0.15) is 0 Å². The van der Waals surface area contributed by atoms with Crippen LogP contribution in [0.1, 0.15) is 47.9 Å². The van der Waals surface area contributed by atoms with Gasteiger partial charge >= 0.3 is 0 Å². The molecule has 0 aliphatic heterocycles. The van der Waals surface area contributed by atoms with Crippen LogP contribution in [0.25, 0.3) is 76.8 Å². The van der Waals surface area contributed by atoms with Crippen LogP contribution in [0.3, 0.4) is 0 Å². The van der Waals surface area contributed by atoms with Crippen LogP contribution in [0.4, 0.5) is 17.1 Å². The minimum atomic E-state index is 1.10. The fraction of sp³-hybridized carbons (Fsp3) is 0.129. The molecule has 0 fully saturated rings. The molecule has 0 saturated heterocycles. The molecule has 10 aromatic carbocycles. The summed E-state index contributed by atoms with van der Waals surface area (Å²) in [5, 5.41) is 7.85. The molecule has 0 saturated carbocycles. The van der Waals surface area contributed by atoms with Crippen LogP contribution >= 0.6 is 0 Å². The molecule has 0 bridgehead atoms. The first-order valence-corrected chi connectivity index (χ1v) is 23.0. The molecule has 1 heteroatoms. The van der Waals surface area contributed by atoms with E-state index in [1.807, 2.05) is 0 Å². The van der Waals surface area contributed by atoms with E-state index in [4.69, 9.17) is 0 Å². The van der Waals surface area contributed by atoms with Crippen LogP contribution in [0.5, 0.6) is 0 Å². The van der Waals surface area contributed by atoms with Gasteiger partial charge in [-0.25, -0.2) is 0 Å². The van der Waals surface area contributed by atoms with E-state index in [2.05, 4.69) is 205 Å². The van der Waals surface area contributed by atoms with E-state index >= 15 is 0 Å². The maximum Gasteiger partial charge on any atom is 0.0531 e. The van der Waals surface area contributed by atoms with Crippen molar-refractivity contribution in [2.75, 3.05) is 4.90 Å². The first-order valence-electron chi connectivity index (χ1n) is 23.0. The highest BCUT2D eigenvalue weighted by Crippen LogP contribution is 2.50. The smallest absolute Gasteiger partial charge is 0.0531 e. The predicted octanol–water partition coefficient (Wildman–Crippen LogP) is 17.0. The third kappa shape index (κ3) is 6.62. The van der Waals surface area contributed by atoms with Crippen LogP contribution in [0.2, 0.25) is 0 Å². The monoisotopic (exact) mass is 807 g/mol. The lowest BCUT2D eigenvalue weighted by molar-refractivity contribution is 0.661. The van der Waals surface area contributed by atoms with E-state index in [-0.39, 0.29) is 0 Å². The Kier molecular flexibility index (Phi) is 9.48. The molecular weight excluding hydrogens is 759 g/mol. The number of fused-ring (bicyclic) bond motifs is 8. The van der Waals surface area contributed by atoms with Gasteiger partial charge in [0.15, 0.2) is 0 Å². The summed E-state index contributed by atoms with van der Waals surface area (Å²) in [5.41, 5.74) is 20.5. The Morgan fingerprint density at radius 1 is 0.254 bits per heavy atom. The van der Waals surface area contributed by atoms with Gasteiger partial charge in [0.05, 0.1) is 5.69 Å². The van der Waals surface area contributed by atoms with Crippen molar-refractivity contribution in [3.8, 4) is 44.5 Å². The van der Waals surface area contributed by atoms with Gasteiger partial charge in [0.25, 0.3) is 0 Å². The highest BCUT2D eigenvalue weighted by molar-refractivity contribution is 6.25. The Hall–Kier alpha value is -7.22. The van der Waals surface area contributed by atoms with Gasteiger partial charge < -0.3 is 4.90 Å². The van der Waals surface area contributed by atoms with Crippen molar-refractivity contribution in [3.05, 3.63) is 222 Å². The van der Waals surface area contributed by atoms with Crippen molar-refractivity contribution in [2.45, 2.75) is 51.4 Å². The minimum Gasteiger partial charge on any atom is -0.310 e. The Balaban J connectivity index is 1.02. The molecule has 0 amide bonds. The maximum atomic E-state index is 2.63. The number of rotatable bonds is 7. The van der Waals surface area contributed by atoms with Crippen molar-refractivity contribution < 1.29 is 0 Å². The molecule has 1 nitrogen and oxygen atoms in total. The number of anilines is 3. The summed E-state index contributed by atoms with van der Waals surface area (Å²) in [5.74, 6) is 0. The summed E-state index contributed by atoms with van der Waals surface area (Å²) >= 11 is 0. The molecule has 0 aromatic heterocycles. The van der Waals surface area contributed by atoms with Gasteiger partial charge in [-0.05, 0) is 181 Å². The average Bonchev–Trinajstić information content (AvgIpc) is 3.37. The lowest BCUT2D eigenvalue weighted by atomic mass is 9.75. The molecule has 0 radical (unpaired) electrons. The third-order valence-corrected chi connectivity index (χ3v) is 14.1. The largest absolute Gasteiger partial charge is 0.310 e. The van der Waals surface area contributed by atoms with Gasteiger partial charge in [-0.1, -0.05) is 170 Å². The van der Waals surface area contributed by atoms with E-state index < -0.39 is 0 Å². The molecule has 12 rings (SSSR count). The number of nitrogens with zero attached hydrogens (tertiary/aromatic N) is 1.